The van der Waals surface area contributed by atoms with Gasteiger partial charge in [0.2, 0.25) is 5.91 Å². The van der Waals surface area contributed by atoms with E-state index in [-0.39, 0.29) is 6.04 Å². The average Bonchev–Trinajstić information content (AvgIpc) is 3.12. The molecule has 1 unspecified atom stereocenters. The van der Waals surface area contributed by atoms with Gasteiger partial charge < -0.3 is 21.8 Å². The lowest BCUT2D eigenvalue weighted by molar-refractivity contribution is 0.100. The average molecular weight is 418 g/mol. The predicted octanol–water partition coefficient (Wildman–Crippen LogP) is 2.57. The summed E-state index contributed by atoms with van der Waals surface area (Å²) >= 11 is 0. The summed E-state index contributed by atoms with van der Waals surface area (Å²) in [4.78, 5) is 11.4. The molecular weight excluding hydrogens is 390 g/mol. The maximum absolute atomic E-state index is 11.4. The molecule has 0 spiro atoms. The molecule has 1 aromatic heterocycles. The van der Waals surface area contributed by atoms with Gasteiger partial charge in [0.1, 0.15) is 0 Å². The molecular formula is C23H27N7O. The largest absolute Gasteiger partial charge is 0.401 e. The Morgan fingerprint density at radius 1 is 1.13 bits per heavy atom. The van der Waals surface area contributed by atoms with Gasteiger partial charge in [-0.15, -0.1) is 0 Å². The van der Waals surface area contributed by atoms with E-state index in [1.54, 1.807) is 21.8 Å². The maximum Gasteiger partial charge on any atom is 0.248 e. The number of nitrogens with two attached hydrogens (primary N) is 3. The van der Waals surface area contributed by atoms with Gasteiger partial charge in [-0.25, -0.2) is 5.84 Å². The first-order valence-electron chi connectivity index (χ1n) is 10.1. The molecule has 2 heterocycles. The third-order valence-electron chi connectivity index (χ3n) is 5.55. The number of rotatable bonds is 4. The Morgan fingerprint density at radius 3 is 2.48 bits per heavy atom. The second-order valence-electron chi connectivity index (χ2n) is 7.86. The summed E-state index contributed by atoms with van der Waals surface area (Å²) in [5.41, 5.74) is 18.7. The number of hydrazine groups is 1. The molecule has 0 bridgehead atoms. The Morgan fingerprint density at radius 2 is 1.87 bits per heavy atom. The van der Waals surface area contributed by atoms with Crippen LogP contribution in [0.2, 0.25) is 0 Å². The van der Waals surface area contributed by atoms with E-state index < -0.39 is 5.91 Å². The second-order valence-corrected chi connectivity index (χ2v) is 7.86. The molecule has 0 saturated heterocycles. The normalized spacial score (nSPS) is 17.6. The SMILES string of the molecule is C/C(N)=C1\c2ccc(-c3cnn(C)c3)cc2C(Nc2ccc(C(N)=O)cc2)CCN1N. The van der Waals surface area contributed by atoms with Crippen LogP contribution >= 0.6 is 0 Å². The van der Waals surface area contributed by atoms with Crippen molar-refractivity contribution in [3.8, 4) is 11.1 Å². The highest BCUT2D eigenvalue weighted by molar-refractivity contribution is 5.93. The van der Waals surface area contributed by atoms with Gasteiger partial charge in [-0.2, -0.15) is 5.10 Å². The predicted molar refractivity (Wildman–Crippen MR) is 122 cm³/mol. The van der Waals surface area contributed by atoms with Gasteiger partial charge in [0, 0.05) is 47.9 Å². The number of primary amides is 1. The van der Waals surface area contributed by atoms with Crippen molar-refractivity contribution in [1.82, 2.24) is 14.8 Å². The lowest BCUT2D eigenvalue weighted by atomic mass is 9.93. The molecule has 1 aliphatic rings. The molecule has 1 atom stereocenters. The summed E-state index contributed by atoms with van der Waals surface area (Å²) in [6, 6.07) is 13.5. The Balaban J connectivity index is 1.78. The Bertz CT molecular complexity index is 1140. The molecule has 0 radical (unpaired) electrons. The van der Waals surface area contributed by atoms with Crippen LogP contribution in [0, 0.1) is 0 Å². The van der Waals surface area contributed by atoms with E-state index in [9.17, 15) is 4.79 Å². The van der Waals surface area contributed by atoms with Gasteiger partial charge in [-0.05, 0) is 54.8 Å². The molecule has 8 heteroatoms. The molecule has 2 aromatic carbocycles. The first-order chi connectivity index (χ1) is 14.8. The highest BCUT2D eigenvalue weighted by Gasteiger charge is 2.26. The standard InChI is InChI=1S/C23H27N7O/c1-14(24)22-19-8-5-16(17-12-27-29(2)13-17)11-20(19)21(9-10-30(22)26)28-18-6-3-15(4-7-18)23(25)31/h3-8,11-13,21,28H,9-10,24,26H2,1-2H3,(H2,25,31)/b22-14-. The lowest BCUT2D eigenvalue weighted by Crippen LogP contribution is -2.31. The van der Waals surface area contributed by atoms with E-state index in [1.165, 1.54) is 0 Å². The van der Waals surface area contributed by atoms with Crippen LogP contribution in [-0.4, -0.2) is 27.2 Å². The van der Waals surface area contributed by atoms with Gasteiger partial charge in [0.05, 0.1) is 17.9 Å². The summed E-state index contributed by atoms with van der Waals surface area (Å²) in [6.45, 7) is 2.50. The number of nitrogens with one attached hydrogen (secondary N) is 1. The van der Waals surface area contributed by atoms with Crippen LogP contribution in [0.25, 0.3) is 16.8 Å². The minimum Gasteiger partial charge on any atom is -0.401 e. The fourth-order valence-corrected chi connectivity index (χ4v) is 4.03. The minimum atomic E-state index is -0.445. The van der Waals surface area contributed by atoms with Crippen LogP contribution in [0.3, 0.4) is 0 Å². The fraction of sp³-hybridized carbons (Fsp3) is 0.217. The van der Waals surface area contributed by atoms with Crippen LogP contribution in [-0.2, 0) is 7.05 Å². The maximum atomic E-state index is 11.4. The van der Waals surface area contributed by atoms with Crippen molar-refractivity contribution in [2.45, 2.75) is 19.4 Å². The van der Waals surface area contributed by atoms with Gasteiger partial charge in [-0.3, -0.25) is 9.48 Å². The molecule has 0 fully saturated rings. The number of fused-ring (bicyclic) bond motifs is 1. The molecule has 0 saturated carbocycles. The molecule has 1 aliphatic heterocycles. The number of allylic oxidation sites excluding steroid dienone is 1. The topological polar surface area (TPSA) is 128 Å². The van der Waals surface area contributed by atoms with Crippen molar-refractivity contribution >= 4 is 17.3 Å². The summed E-state index contributed by atoms with van der Waals surface area (Å²) in [7, 11) is 1.90. The smallest absolute Gasteiger partial charge is 0.248 e. The molecule has 160 valence electrons. The van der Waals surface area contributed by atoms with Crippen molar-refractivity contribution in [3.05, 3.63) is 77.2 Å². The highest BCUT2D eigenvalue weighted by Crippen LogP contribution is 2.37. The van der Waals surface area contributed by atoms with Gasteiger partial charge in [0.25, 0.3) is 0 Å². The number of amides is 1. The third kappa shape index (κ3) is 4.10. The quantitative estimate of drug-likeness (QED) is 0.483. The van der Waals surface area contributed by atoms with Crippen LogP contribution in [0.5, 0.6) is 0 Å². The van der Waals surface area contributed by atoms with Gasteiger partial charge >= 0.3 is 0 Å². The van der Waals surface area contributed by atoms with E-state index in [0.29, 0.717) is 17.8 Å². The number of carbonyl (C=O) groups is 1. The number of nitrogens with zero attached hydrogens (tertiary/aromatic N) is 3. The summed E-state index contributed by atoms with van der Waals surface area (Å²) < 4.78 is 1.79. The van der Waals surface area contributed by atoms with Crippen LogP contribution < -0.4 is 22.6 Å². The number of aryl methyl sites for hydroxylation is 1. The summed E-state index contributed by atoms with van der Waals surface area (Å²) in [6.07, 6.45) is 4.61. The summed E-state index contributed by atoms with van der Waals surface area (Å²) in [5, 5.41) is 9.60. The number of hydrogen-bond acceptors (Lipinski definition) is 6. The third-order valence-corrected chi connectivity index (χ3v) is 5.55. The number of aromatic nitrogens is 2. The van der Waals surface area contributed by atoms with Gasteiger partial charge in [-0.1, -0.05) is 12.1 Å². The molecule has 7 N–H and O–H groups in total. The number of hydrogen-bond donors (Lipinski definition) is 4. The molecule has 4 rings (SSSR count). The Labute approximate surface area is 181 Å². The van der Waals surface area contributed by atoms with Crippen molar-refractivity contribution in [1.29, 1.82) is 0 Å². The lowest BCUT2D eigenvalue weighted by Gasteiger charge is -2.22. The molecule has 3 aromatic rings. The molecule has 8 nitrogen and oxygen atoms in total. The number of anilines is 1. The molecule has 1 amide bonds. The van der Waals surface area contributed by atoms with Crippen LogP contribution in [0.1, 0.15) is 40.9 Å². The zero-order valence-corrected chi connectivity index (χ0v) is 17.7. The van der Waals surface area contributed by atoms with Crippen molar-refractivity contribution < 1.29 is 4.79 Å². The van der Waals surface area contributed by atoms with Crippen molar-refractivity contribution in [2.75, 3.05) is 11.9 Å². The van der Waals surface area contributed by atoms with Crippen LogP contribution in [0.4, 0.5) is 5.69 Å². The van der Waals surface area contributed by atoms with E-state index in [1.807, 2.05) is 38.5 Å². The Hall–Kier alpha value is -3.78. The fourth-order valence-electron chi connectivity index (χ4n) is 4.03. The second kappa shape index (κ2) is 8.16. The first kappa shape index (κ1) is 20.5. The van der Waals surface area contributed by atoms with E-state index in [4.69, 9.17) is 17.3 Å². The van der Waals surface area contributed by atoms with Crippen molar-refractivity contribution in [2.24, 2.45) is 24.4 Å². The first-order valence-corrected chi connectivity index (χ1v) is 10.1. The minimum absolute atomic E-state index is 0.00560. The van der Waals surface area contributed by atoms with Crippen molar-refractivity contribution in [3.63, 3.8) is 0 Å². The van der Waals surface area contributed by atoms with E-state index >= 15 is 0 Å². The van der Waals surface area contributed by atoms with E-state index in [2.05, 4.69) is 28.6 Å². The number of carbonyl (C=O) groups excluding carboxylic acids is 1. The van der Waals surface area contributed by atoms with E-state index in [0.717, 1.165) is 40.1 Å². The summed E-state index contributed by atoms with van der Waals surface area (Å²) in [5.74, 6) is 5.91. The zero-order valence-electron chi connectivity index (χ0n) is 17.7. The number of benzene rings is 2. The zero-order chi connectivity index (χ0) is 22.1. The Kier molecular flexibility index (Phi) is 5.39. The van der Waals surface area contributed by atoms with Crippen LogP contribution in [0.15, 0.2) is 60.6 Å². The molecule has 0 aliphatic carbocycles. The highest BCUT2D eigenvalue weighted by atomic mass is 16.1. The molecule has 31 heavy (non-hydrogen) atoms. The monoisotopic (exact) mass is 417 g/mol. The van der Waals surface area contributed by atoms with Gasteiger partial charge in [0.15, 0.2) is 0 Å².